The Hall–Kier alpha value is -3.07. The molecule has 0 saturated carbocycles. The van der Waals surface area contributed by atoms with Crippen LogP contribution in [0.4, 0.5) is 0 Å². The molecule has 0 atom stereocenters. The van der Waals surface area contributed by atoms with Crippen LogP contribution in [0, 0.1) is 0 Å². The number of ketones is 1. The van der Waals surface area contributed by atoms with Crippen molar-refractivity contribution in [3.05, 3.63) is 96.1 Å². The van der Waals surface area contributed by atoms with Gasteiger partial charge in [-0.25, -0.2) is 0 Å². The highest BCUT2D eigenvalue weighted by Gasteiger charge is 2.11. The average Bonchev–Trinajstić information content (AvgIpc) is 2.57. The fraction of sp³-hybridized carbons (Fsp3) is 0. The van der Waals surface area contributed by atoms with Gasteiger partial charge < -0.3 is 10.2 Å². The van der Waals surface area contributed by atoms with Crippen LogP contribution in [0.25, 0.3) is 0 Å². The van der Waals surface area contributed by atoms with Gasteiger partial charge in [0.25, 0.3) is 0 Å². The average molecular weight is 292 g/mol. The van der Waals surface area contributed by atoms with Crippen LogP contribution in [0.15, 0.2) is 84.9 Å². The molecule has 3 rings (SSSR count). The quantitative estimate of drug-likeness (QED) is 0.701. The number of benzene rings is 3. The topological polar surface area (TPSA) is 57.5 Å². The molecule has 0 fully saturated rings. The van der Waals surface area contributed by atoms with Crippen molar-refractivity contribution in [3.8, 4) is 11.5 Å². The van der Waals surface area contributed by atoms with Crippen molar-refractivity contribution in [2.75, 3.05) is 0 Å². The molecule has 3 nitrogen and oxygen atoms in total. The molecule has 0 radical (unpaired) electrons. The fourth-order valence-electron chi connectivity index (χ4n) is 1.84. The van der Waals surface area contributed by atoms with Crippen molar-refractivity contribution in [2.24, 2.45) is 0 Å². The fourth-order valence-corrected chi connectivity index (χ4v) is 1.84. The van der Waals surface area contributed by atoms with E-state index in [0.29, 0.717) is 16.9 Å². The number of phenols is 2. The molecular formula is C19H16O3. The van der Waals surface area contributed by atoms with Gasteiger partial charge in [-0.15, -0.1) is 0 Å². The van der Waals surface area contributed by atoms with Gasteiger partial charge in [0.1, 0.15) is 11.5 Å². The molecule has 3 aromatic carbocycles. The molecule has 0 bridgehead atoms. The van der Waals surface area contributed by atoms with E-state index in [0.717, 1.165) is 0 Å². The van der Waals surface area contributed by atoms with E-state index in [4.69, 9.17) is 5.11 Å². The van der Waals surface area contributed by atoms with Crippen LogP contribution in [0.3, 0.4) is 0 Å². The SMILES string of the molecule is O=C(c1ccccc1)c1ccccc1O.Oc1ccccc1. The van der Waals surface area contributed by atoms with E-state index < -0.39 is 0 Å². The highest BCUT2D eigenvalue weighted by molar-refractivity contribution is 6.10. The molecule has 0 spiro atoms. The van der Waals surface area contributed by atoms with E-state index in [1.165, 1.54) is 6.07 Å². The molecule has 3 aromatic rings. The predicted octanol–water partition coefficient (Wildman–Crippen LogP) is 4.02. The zero-order chi connectivity index (χ0) is 15.8. The maximum Gasteiger partial charge on any atom is 0.196 e. The lowest BCUT2D eigenvalue weighted by Gasteiger charge is -2.02. The number of para-hydroxylation sites is 2. The maximum atomic E-state index is 11.9. The summed E-state index contributed by atoms with van der Waals surface area (Å²) in [5, 5.41) is 18.2. The van der Waals surface area contributed by atoms with Crippen LogP contribution in [-0.2, 0) is 0 Å². The minimum atomic E-state index is -0.159. The van der Waals surface area contributed by atoms with Crippen molar-refractivity contribution in [1.29, 1.82) is 0 Å². The number of carbonyl (C=O) groups is 1. The van der Waals surface area contributed by atoms with Gasteiger partial charge in [-0.3, -0.25) is 4.79 Å². The molecule has 0 aromatic heterocycles. The summed E-state index contributed by atoms with van der Waals surface area (Å²) in [6.45, 7) is 0. The van der Waals surface area contributed by atoms with Crippen LogP contribution >= 0.6 is 0 Å². The molecule has 0 heterocycles. The van der Waals surface area contributed by atoms with Gasteiger partial charge in [-0.05, 0) is 24.3 Å². The smallest absolute Gasteiger partial charge is 0.196 e. The monoisotopic (exact) mass is 292 g/mol. The van der Waals surface area contributed by atoms with Gasteiger partial charge in [0, 0.05) is 5.56 Å². The van der Waals surface area contributed by atoms with Crippen molar-refractivity contribution in [3.63, 3.8) is 0 Å². The van der Waals surface area contributed by atoms with E-state index in [-0.39, 0.29) is 11.5 Å². The molecule has 110 valence electrons. The predicted molar refractivity (Wildman–Crippen MR) is 86.1 cm³/mol. The molecule has 0 saturated heterocycles. The summed E-state index contributed by atoms with van der Waals surface area (Å²) >= 11 is 0. The molecule has 0 unspecified atom stereocenters. The summed E-state index contributed by atoms with van der Waals surface area (Å²) in [4.78, 5) is 11.9. The van der Waals surface area contributed by atoms with Crippen LogP contribution in [0.5, 0.6) is 11.5 Å². The summed E-state index contributed by atoms with van der Waals surface area (Å²) < 4.78 is 0. The number of phenolic OH excluding ortho intramolecular Hbond substituents is 2. The van der Waals surface area contributed by atoms with E-state index in [9.17, 15) is 9.90 Å². The molecule has 3 heteroatoms. The summed E-state index contributed by atoms with van der Waals surface area (Å²) in [5.41, 5.74) is 0.919. The zero-order valence-corrected chi connectivity index (χ0v) is 11.9. The van der Waals surface area contributed by atoms with Crippen molar-refractivity contribution < 1.29 is 15.0 Å². The second-order valence-electron chi connectivity index (χ2n) is 4.55. The molecule has 0 aliphatic heterocycles. The van der Waals surface area contributed by atoms with Crippen LogP contribution in [0.2, 0.25) is 0 Å². The largest absolute Gasteiger partial charge is 0.508 e. The molecule has 2 N–H and O–H groups in total. The van der Waals surface area contributed by atoms with Crippen LogP contribution in [-0.4, -0.2) is 16.0 Å². The second-order valence-corrected chi connectivity index (χ2v) is 4.55. The minimum absolute atomic E-state index is 0.0198. The Morgan fingerprint density at radius 1 is 0.636 bits per heavy atom. The minimum Gasteiger partial charge on any atom is -0.508 e. The van der Waals surface area contributed by atoms with E-state index in [1.807, 2.05) is 12.1 Å². The van der Waals surface area contributed by atoms with E-state index >= 15 is 0 Å². The maximum absolute atomic E-state index is 11.9. The lowest BCUT2D eigenvalue weighted by molar-refractivity contribution is 0.103. The molecular weight excluding hydrogens is 276 g/mol. The van der Waals surface area contributed by atoms with Crippen LogP contribution in [0.1, 0.15) is 15.9 Å². The first-order valence-electron chi connectivity index (χ1n) is 6.80. The van der Waals surface area contributed by atoms with Crippen LogP contribution < -0.4 is 0 Å². The first kappa shape index (κ1) is 15.3. The van der Waals surface area contributed by atoms with Gasteiger partial charge >= 0.3 is 0 Å². The summed E-state index contributed by atoms with van der Waals surface area (Å²) in [6, 6.07) is 24.2. The molecule has 0 aliphatic carbocycles. The Kier molecular flexibility index (Phi) is 5.32. The number of aromatic hydroxyl groups is 2. The van der Waals surface area contributed by atoms with Crippen molar-refractivity contribution >= 4 is 5.78 Å². The Labute approximate surface area is 129 Å². The van der Waals surface area contributed by atoms with Gasteiger partial charge in [-0.2, -0.15) is 0 Å². The standard InChI is InChI=1S/C13H10O2.C6H6O/c14-12-9-5-4-8-11(12)13(15)10-6-2-1-3-7-10;7-6-4-2-1-3-5-6/h1-9,14H;1-5,7H. The van der Waals surface area contributed by atoms with Gasteiger partial charge in [0.05, 0.1) is 5.56 Å². The van der Waals surface area contributed by atoms with Crippen molar-refractivity contribution in [2.45, 2.75) is 0 Å². The summed E-state index contributed by atoms with van der Waals surface area (Å²) in [5.74, 6) is 0.183. The molecule has 0 aliphatic rings. The second kappa shape index (κ2) is 7.64. The normalized spacial score (nSPS) is 9.45. The third-order valence-corrected chi connectivity index (χ3v) is 2.94. The highest BCUT2D eigenvalue weighted by atomic mass is 16.3. The Balaban J connectivity index is 0.000000211. The zero-order valence-electron chi connectivity index (χ0n) is 11.9. The number of carbonyl (C=O) groups excluding carboxylic acids is 1. The Morgan fingerprint density at radius 2 is 1.14 bits per heavy atom. The number of hydrogen-bond acceptors (Lipinski definition) is 3. The summed E-state index contributed by atoms with van der Waals surface area (Å²) in [7, 11) is 0. The molecule has 0 amide bonds. The number of hydrogen-bond donors (Lipinski definition) is 2. The first-order valence-corrected chi connectivity index (χ1v) is 6.80. The van der Waals surface area contributed by atoms with Gasteiger partial charge in [0.15, 0.2) is 5.78 Å². The van der Waals surface area contributed by atoms with Crippen molar-refractivity contribution in [1.82, 2.24) is 0 Å². The Morgan fingerprint density at radius 3 is 1.64 bits per heavy atom. The van der Waals surface area contributed by atoms with Gasteiger partial charge in [0.2, 0.25) is 0 Å². The number of rotatable bonds is 2. The third-order valence-electron chi connectivity index (χ3n) is 2.94. The lowest BCUT2D eigenvalue weighted by atomic mass is 10.0. The van der Waals surface area contributed by atoms with E-state index in [2.05, 4.69) is 0 Å². The van der Waals surface area contributed by atoms with Gasteiger partial charge in [-0.1, -0.05) is 60.7 Å². The lowest BCUT2D eigenvalue weighted by Crippen LogP contribution is -2.00. The third kappa shape index (κ3) is 4.21. The Bertz CT molecular complexity index is 722. The first-order chi connectivity index (χ1) is 10.7. The highest BCUT2D eigenvalue weighted by Crippen LogP contribution is 2.19. The summed E-state index contributed by atoms with van der Waals surface area (Å²) in [6.07, 6.45) is 0. The molecule has 22 heavy (non-hydrogen) atoms. The van der Waals surface area contributed by atoms with E-state index in [1.54, 1.807) is 66.7 Å².